The lowest BCUT2D eigenvalue weighted by Gasteiger charge is -2.18. The van der Waals surface area contributed by atoms with Crippen molar-refractivity contribution in [2.24, 2.45) is 5.73 Å². The maximum Gasteiger partial charge on any atom is 0.337 e. The molecule has 0 unspecified atom stereocenters. The van der Waals surface area contributed by atoms with Crippen molar-refractivity contribution in [2.75, 3.05) is 20.2 Å². The fourth-order valence-electron chi connectivity index (χ4n) is 3.30. The normalized spacial score (nSPS) is 20.9. The molecule has 0 aromatic heterocycles. The van der Waals surface area contributed by atoms with Gasteiger partial charge in [-0.05, 0) is 30.2 Å². The minimum atomic E-state index is -3.76. The van der Waals surface area contributed by atoms with Crippen LogP contribution in [0.5, 0.6) is 0 Å². The van der Waals surface area contributed by atoms with Crippen molar-refractivity contribution in [3.8, 4) is 0 Å². The molecule has 2 atom stereocenters. The number of sulfonamides is 1. The smallest absolute Gasteiger partial charge is 0.337 e. The molecule has 1 saturated heterocycles. The van der Waals surface area contributed by atoms with Gasteiger partial charge in [0.25, 0.3) is 0 Å². The second-order valence-corrected chi connectivity index (χ2v) is 8.38. The van der Waals surface area contributed by atoms with E-state index >= 15 is 0 Å². The largest absolute Gasteiger partial charge is 0.465 e. The van der Waals surface area contributed by atoms with Crippen LogP contribution in [-0.2, 0) is 14.8 Å². The first-order valence-electron chi connectivity index (χ1n) is 8.34. The average Bonchev–Trinajstić information content (AvgIpc) is 3.04. The standard InChI is InChI=1S/C19H22N2O4S/c1-13-8-9-15(19(22)25-2)10-18(13)26(23,24)21-11-16(17(20)12-21)14-6-4-3-5-7-14/h3-10,16-17H,11-12,20H2,1-2H3/t16-,17+/m0/s1. The summed E-state index contributed by atoms with van der Waals surface area (Å²) in [5, 5.41) is 0. The van der Waals surface area contributed by atoms with E-state index in [1.807, 2.05) is 30.3 Å². The van der Waals surface area contributed by atoms with Crippen LogP contribution in [0, 0.1) is 6.92 Å². The summed E-state index contributed by atoms with van der Waals surface area (Å²) in [7, 11) is -2.50. The van der Waals surface area contributed by atoms with Crippen molar-refractivity contribution >= 4 is 16.0 Å². The number of carbonyl (C=O) groups is 1. The summed E-state index contributed by atoms with van der Waals surface area (Å²) in [5.74, 6) is -0.628. The van der Waals surface area contributed by atoms with Gasteiger partial charge in [-0.1, -0.05) is 36.4 Å². The number of methoxy groups -OCH3 is 1. The fourth-order valence-corrected chi connectivity index (χ4v) is 5.06. The summed E-state index contributed by atoms with van der Waals surface area (Å²) in [5.41, 5.74) is 8.05. The Morgan fingerprint density at radius 1 is 1.15 bits per heavy atom. The molecule has 6 nitrogen and oxygen atoms in total. The van der Waals surface area contributed by atoms with Crippen molar-refractivity contribution in [1.29, 1.82) is 0 Å². The van der Waals surface area contributed by atoms with E-state index in [-0.39, 0.29) is 29.0 Å². The molecule has 1 heterocycles. The zero-order valence-corrected chi connectivity index (χ0v) is 15.6. The van der Waals surface area contributed by atoms with Crippen LogP contribution in [0.1, 0.15) is 27.4 Å². The maximum absolute atomic E-state index is 13.2. The van der Waals surface area contributed by atoms with Crippen molar-refractivity contribution in [1.82, 2.24) is 4.31 Å². The summed E-state index contributed by atoms with van der Waals surface area (Å²) >= 11 is 0. The van der Waals surface area contributed by atoms with Crippen molar-refractivity contribution < 1.29 is 17.9 Å². The van der Waals surface area contributed by atoms with Crippen molar-refractivity contribution in [3.05, 3.63) is 65.2 Å². The SMILES string of the molecule is COC(=O)c1ccc(C)c(S(=O)(=O)N2C[C@@H](N)[C@H](c3ccccc3)C2)c1. The van der Waals surface area contributed by atoms with Crippen LogP contribution in [0.25, 0.3) is 0 Å². The first kappa shape index (κ1) is 18.6. The second-order valence-electron chi connectivity index (χ2n) is 6.47. The van der Waals surface area contributed by atoms with Crippen molar-refractivity contribution in [3.63, 3.8) is 0 Å². The summed E-state index contributed by atoms with van der Waals surface area (Å²) in [6.45, 7) is 2.26. The zero-order valence-electron chi connectivity index (χ0n) is 14.8. The summed E-state index contributed by atoms with van der Waals surface area (Å²) in [6.07, 6.45) is 0. The number of esters is 1. The maximum atomic E-state index is 13.2. The minimum Gasteiger partial charge on any atom is -0.465 e. The van der Waals surface area contributed by atoms with Gasteiger partial charge in [-0.15, -0.1) is 0 Å². The monoisotopic (exact) mass is 374 g/mol. The zero-order chi connectivity index (χ0) is 18.9. The molecular weight excluding hydrogens is 352 g/mol. The molecule has 0 amide bonds. The first-order valence-corrected chi connectivity index (χ1v) is 9.78. The highest BCUT2D eigenvalue weighted by molar-refractivity contribution is 7.89. The molecule has 2 N–H and O–H groups in total. The predicted molar refractivity (Wildman–Crippen MR) is 98.4 cm³/mol. The molecule has 1 aliphatic heterocycles. The number of hydrogen-bond donors (Lipinski definition) is 1. The quantitative estimate of drug-likeness (QED) is 0.826. The number of ether oxygens (including phenoxy) is 1. The highest BCUT2D eigenvalue weighted by atomic mass is 32.2. The molecule has 0 saturated carbocycles. The third-order valence-electron chi connectivity index (χ3n) is 4.79. The van der Waals surface area contributed by atoms with E-state index in [0.717, 1.165) is 5.56 Å². The predicted octanol–water partition coefficient (Wildman–Crippen LogP) is 1.90. The Kier molecular flexibility index (Phi) is 5.13. The van der Waals surface area contributed by atoms with E-state index in [2.05, 4.69) is 0 Å². The molecular formula is C19H22N2O4S. The molecule has 1 fully saturated rings. The number of rotatable bonds is 4. The van der Waals surface area contributed by atoms with Crippen LogP contribution in [-0.4, -0.2) is 44.9 Å². The molecule has 3 rings (SSSR count). The van der Waals surface area contributed by atoms with Gasteiger partial charge in [-0.25, -0.2) is 13.2 Å². The van der Waals surface area contributed by atoms with E-state index in [1.165, 1.54) is 17.5 Å². The Morgan fingerprint density at radius 3 is 2.50 bits per heavy atom. The van der Waals surface area contributed by atoms with Gasteiger partial charge < -0.3 is 10.5 Å². The molecule has 138 valence electrons. The van der Waals surface area contributed by atoms with E-state index < -0.39 is 16.0 Å². The topological polar surface area (TPSA) is 89.7 Å². The Balaban J connectivity index is 1.93. The van der Waals surface area contributed by atoms with Gasteiger partial charge >= 0.3 is 5.97 Å². The highest BCUT2D eigenvalue weighted by Crippen LogP contribution is 2.31. The van der Waals surface area contributed by atoms with Gasteiger partial charge in [0, 0.05) is 25.0 Å². The Hall–Kier alpha value is -2.22. The lowest BCUT2D eigenvalue weighted by Crippen LogP contribution is -2.32. The molecule has 0 spiro atoms. The number of nitrogens with two attached hydrogens (primary N) is 1. The lowest BCUT2D eigenvalue weighted by molar-refractivity contribution is 0.0600. The van der Waals surface area contributed by atoms with E-state index in [4.69, 9.17) is 10.5 Å². The van der Waals surface area contributed by atoms with E-state index in [0.29, 0.717) is 12.1 Å². The van der Waals surface area contributed by atoms with Gasteiger partial charge in [0.05, 0.1) is 17.6 Å². The Morgan fingerprint density at radius 2 is 1.85 bits per heavy atom. The molecule has 7 heteroatoms. The number of nitrogens with zero attached hydrogens (tertiary/aromatic N) is 1. The number of hydrogen-bond acceptors (Lipinski definition) is 5. The van der Waals surface area contributed by atoms with Crippen LogP contribution in [0.15, 0.2) is 53.4 Å². The highest BCUT2D eigenvalue weighted by Gasteiger charge is 2.39. The Bertz CT molecular complexity index is 912. The van der Waals surface area contributed by atoms with Crippen LogP contribution in [0.4, 0.5) is 0 Å². The number of aryl methyl sites for hydroxylation is 1. The van der Waals surface area contributed by atoms with Gasteiger partial charge in [0.15, 0.2) is 0 Å². The molecule has 26 heavy (non-hydrogen) atoms. The lowest BCUT2D eigenvalue weighted by atomic mass is 9.95. The number of benzene rings is 2. The third kappa shape index (κ3) is 3.38. The average molecular weight is 374 g/mol. The molecule has 2 aromatic rings. The molecule has 1 aliphatic rings. The van der Waals surface area contributed by atoms with Crippen LogP contribution < -0.4 is 5.73 Å². The van der Waals surface area contributed by atoms with Crippen molar-refractivity contribution in [2.45, 2.75) is 23.8 Å². The molecule has 0 bridgehead atoms. The molecule has 0 radical (unpaired) electrons. The van der Waals surface area contributed by atoms with Gasteiger partial charge in [-0.2, -0.15) is 4.31 Å². The van der Waals surface area contributed by atoms with Gasteiger partial charge in [0.1, 0.15) is 0 Å². The summed E-state index contributed by atoms with van der Waals surface area (Å²) in [4.78, 5) is 11.9. The van der Waals surface area contributed by atoms with Crippen LogP contribution in [0.2, 0.25) is 0 Å². The third-order valence-corrected chi connectivity index (χ3v) is 6.76. The van der Waals surface area contributed by atoms with E-state index in [9.17, 15) is 13.2 Å². The second kappa shape index (κ2) is 7.19. The first-order chi connectivity index (χ1) is 12.3. The molecule has 2 aromatic carbocycles. The summed E-state index contributed by atoms with van der Waals surface area (Å²) < 4.78 is 32.4. The van der Waals surface area contributed by atoms with Gasteiger partial charge in [-0.3, -0.25) is 0 Å². The number of carbonyl (C=O) groups excluding carboxylic acids is 1. The van der Waals surface area contributed by atoms with Crippen LogP contribution >= 0.6 is 0 Å². The van der Waals surface area contributed by atoms with Crippen LogP contribution in [0.3, 0.4) is 0 Å². The summed E-state index contributed by atoms with van der Waals surface area (Å²) in [6, 6.07) is 13.9. The minimum absolute atomic E-state index is 0.0601. The van der Waals surface area contributed by atoms with E-state index in [1.54, 1.807) is 19.1 Å². The Labute approximate surface area is 153 Å². The molecule has 0 aliphatic carbocycles. The van der Waals surface area contributed by atoms with Gasteiger partial charge in [0.2, 0.25) is 10.0 Å². The fraction of sp³-hybridized carbons (Fsp3) is 0.316.